The van der Waals surface area contributed by atoms with E-state index in [-0.39, 0.29) is 0 Å². The van der Waals surface area contributed by atoms with E-state index in [1.165, 1.54) is 0 Å². The number of carboxylic acids is 2. The first kappa shape index (κ1) is 9.90. The Kier molecular flexibility index (Phi) is 3.53. The van der Waals surface area contributed by atoms with Gasteiger partial charge in [-0.1, -0.05) is 0 Å². The van der Waals surface area contributed by atoms with Crippen LogP contribution in [0, 0.1) is 12.8 Å². The third-order valence-corrected chi connectivity index (χ3v) is 1.18. The lowest BCUT2D eigenvalue weighted by atomic mass is 10.0. The molecule has 0 amide bonds. The van der Waals surface area contributed by atoms with Crippen LogP contribution in [-0.4, -0.2) is 33.4 Å². The highest BCUT2D eigenvalue weighted by Gasteiger charge is 2.25. The number of hydrogen-bond acceptors (Lipinski definition) is 3. The van der Waals surface area contributed by atoms with Crippen molar-refractivity contribution in [2.45, 2.75) is 12.5 Å². The summed E-state index contributed by atoms with van der Waals surface area (Å²) in [5.74, 6) is -3.94. The van der Waals surface area contributed by atoms with Crippen molar-refractivity contribution >= 4 is 11.9 Å². The maximum Gasteiger partial charge on any atom is 0.309 e. The Morgan fingerprint density at radius 3 is 1.91 bits per heavy atom. The lowest BCUT2D eigenvalue weighted by Crippen LogP contribution is -2.28. The Bertz CT molecular complexity index is 162. The van der Waals surface area contributed by atoms with Crippen molar-refractivity contribution in [1.29, 1.82) is 0 Å². The summed E-state index contributed by atoms with van der Waals surface area (Å²) in [6.45, 7) is 3.02. The molecule has 5 heteroatoms. The molecule has 5 nitrogen and oxygen atoms in total. The third-order valence-electron chi connectivity index (χ3n) is 1.18. The second-order valence-electron chi connectivity index (χ2n) is 2.11. The van der Waals surface area contributed by atoms with Gasteiger partial charge in [0.1, 0.15) is 0 Å². The summed E-state index contributed by atoms with van der Waals surface area (Å²) in [4.78, 5) is 20.2. The minimum Gasteiger partial charge on any atom is -0.481 e. The van der Waals surface area contributed by atoms with Gasteiger partial charge in [-0.2, -0.15) is 0 Å². The number of hydrogen-bond donors (Lipinski definition) is 3. The molecule has 0 rings (SSSR count). The van der Waals surface area contributed by atoms with Gasteiger partial charge < -0.3 is 15.3 Å². The number of rotatable bonds is 4. The van der Waals surface area contributed by atoms with Gasteiger partial charge in [-0.3, -0.25) is 9.59 Å². The molecule has 0 saturated carbocycles. The second-order valence-corrected chi connectivity index (χ2v) is 2.11. The Morgan fingerprint density at radius 1 is 1.36 bits per heavy atom. The van der Waals surface area contributed by atoms with Crippen molar-refractivity contribution in [2.75, 3.05) is 0 Å². The molecule has 0 bridgehead atoms. The predicted molar refractivity (Wildman–Crippen MR) is 34.7 cm³/mol. The molecule has 0 aromatic carbocycles. The van der Waals surface area contributed by atoms with Crippen molar-refractivity contribution in [3.8, 4) is 0 Å². The first-order valence-corrected chi connectivity index (χ1v) is 2.91. The number of aliphatic hydroxyl groups excluding tert-OH is 1. The summed E-state index contributed by atoms with van der Waals surface area (Å²) >= 11 is 0. The van der Waals surface area contributed by atoms with E-state index in [2.05, 4.69) is 6.92 Å². The lowest BCUT2D eigenvalue weighted by Gasteiger charge is -2.11. The smallest absolute Gasteiger partial charge is 0.309 e. The van der Waals surface area contributed by atoms with Crippen LogP contribution >= 0.6 is 0 Å². The first-order valence-electron chi connectivity index (χ1n) is 2.91. The summed E-state index contributed by atoms with van der Waals surface area (Å²) in [6, 6.07) is 0. The normalized spacial score (nSPS) is 15.5. The zero-order chi connectivity index (χ0) is 9.02. The fraction of sp³-hybridized carbons (Fsp3) is 0.500. The minimum atomic E-state index is -1.39. The van der Waals surface area contributed by atoms with E-state index in [1.54, 1.807) is 0 Å². The van der Waals surface area contributed by atoms with Crippen molar-refractivity contribution in [3.05, 3.63) is 6.92 Å². The second kappa shape index (κ2) is 3.92. The van der Waals surface area contributed by atoms with Gasteiger partial charge in [0.05, 0.1) is 18.4 Å². The molecule has 0 saturated heterocycles. The SMILES string of the molecule is [CH2]C(O)C(CC(=O)O)C(=O)O. The molecule has 11 heavy (non-hydrogen) atoms. The molecule has 63 valence electrons. The highest BCUT2D eigenvalue weighted by Crippen LogP contribution is 2.08. The highest BCUT2D eigenvalue weighted by molar-refractivity contribution is 5.78. The minimum absolute atomic E-state index is 0.611. The molecule has 0 fully saturated rings. The largest absolute Gasteiger partial charge is 0.481 e. The van der Waals surface area contributed by atoms with Crippen LogP contribution in [0.4, 0.5) is 0 Å². The van der Waals surface area contributed by atoms with Crippen LogP contribution in [0.2, 0.25) is 0 Å². The van der Waals surface area contributed by atoms with Gasteiger partial charge in [-0.15, -0.1) is 0 Å². The lowest BCUT2D eigenvalue weighted by molar-refractivity contribution is -0.151. The van der Waals surface area contributed by atoms with Crippen LogP contribution in [0.15, 0.2) is 0 Å². The molecule has 0 aliphatic rings. The zero-order valence-electron chi connectivity index (χ0n) is 5.73. The maximum absolute atomic E-state index is 10.2. The molecule has 3 N–H and O–H groups in total. The predicted octanol–water partition coefficient (Wildman–Crippen LogP) is -0.643. The average molecular weight is 161 g/mol. The van der Waals surface area contributed by atoms with Crippen LogP contribution in [0.5, 0.6) is 0 Å². The van der Waals surface area contributed by atoms with E-state index < -0.39 is 30.4 Å². The van der Waals surface area contributed by atoms with Gasteiger partial charge in [-0.05, 0) is 6.92 Å². The van der Waals surface area contributed by atoms with Crippen LogP contribution in [0.1, 0.15) is 6.42 Å². The quantitative estimate of drug-likeness (QED) is 0.509. The number of aliphatic hydroxyl groups is 1. The van der Waals surface area contributed by atoms with Gasteiger partial charge in [0, 0.05) is 0 Å². The van der Waals surface area contributed by atoms with Crippen LogP contribution < -0.4 is 0 Å². The van der Waals surface area contributed by atoms with Crippen LogP contribution in [0.25, 0.3) is 0 Å². The van der Waals surface area contributed by atoms with E-state index in [1.807, 2.05) is 0 Å². The van der Waals surface area contributed by atoms with Crippen molar-refractivity contribution in [2.24, 2.45) is 5.92 Å². The van der Waals surface area contributed by atoms with Crippen LogP contribution in [0.3, 0.4) is 0 Å². The summed E-state index contributed by atoms with van der Waals surface area (Å²) in [7, 11) is 0. The molecule has 0 aliphatic heterocycles. The van der Waals surface area contributed by atoms with Crippen molar-refractivity contribution in [3.63, 3.8) is 0 Å². The van der Waals surface area contributed by atoms with E-state index in [0.29, 0.717) is 0 Å². The molecular weight excluding hydrogens is 152 g/mol. The fourth-order valence-corrected chi connectivity index (χ4v) is 0.576. The molecule has 2 atom stereocenters. The molecule has 0 heterocycles. The Labute approximate surface area is 63.3 Å². The molecule has 0 spiro atoms. The number of carboxylic acid groups (broad SMARTS) is 2. The number of aliphatic carboxylic acids is 2. The van der Waals surface area contributed by atoms with E-state index >= 15 is 0 Å². The Morgan fingerprint density at radius 2 is 1.82 bits per heavy atom. The standard InChI is InChI=1S/C6H9O5/c1-3(7)4(6(10)11)2-5(8)9/h3-4,7H,1-2H2,(H,8,9)(H,10,11). The zero-order valence-corrected chi connectivity index (χ0v) is 5.73. The van der Waals surface area contributed by atoms with E-state index in [0.717, 1.165) is 0 Å². The van der Waals surface area contributed by atoms with Gasteiger partial charge >= 0.3 is 11.9 Å². The van der Waals surface area contributed by atoms with Gasteiger partial charge in [0.25, 0.3) is 0 Å². The molecule has 2 unspecified atom stereocenters. The molecule has 0 aromatic heterocycles. The average Bonchev–Trinajstić information content (AvgIpc) is 1.81. The molecule has 1 radical (unpaired) electrons. The van der Waals surface area contributed by atoms with Crippen molar-refractivity contribution < 1.29 is 24.9 Å². The molecular formula is C6H9O5. The first-order chi connectivity index (χ1) is 4.95. The third kappa shape index (κ3) is 3.57. The summed E-state index contributed by atoms with van der Waals surface area (Å²) in [6.07, 6.45) is -2.00. The van der Waals surface area contributed by atoms with E-state index in [4.69, 9.17) is 15.3 Å². The van der Waals surface area contributed by atoms with Gasteiger partial charge in [-0.25, -0.2) is 0 Å². The monoisotopic (exact) mass is 161 g/mol. The van der Waals surface area contributed by atoms with Gasteiger partial charge in [0.15, 0.2) is 0 Å². The summed E-state index contributed by atoms with van der Waals surface area (Å²) in [5, 5.41) is 25.2. The highest BCUT2D eigenvalue weighted by atomic mass is 16.4. The van der Waals surface area contributed by atoms with Gasteiger partial charge in [0.2, 0.25) is 0 Å². The fourth-order valence-electron chi connectivity index (χ4n) is 0.576. The van der Waals surface area contributed by atoms with E-state index in [9.17, 15) is 9.59 Å². The molecule has 0 aromatic rings. The maximum atomic E-state index is 10.2. The Hall–Kier alpha value is -1.10. The Balaban J connectivity index is 4.12. The number of carbonyl (C=O) groups is 2. The molecule has 0 aliphatic carbocycles. The summed E-state index contributed by atoms with van der Waals surface area (Å²) < 4.78 is 0. The summed E-state index contributed by atoms with van der Waals surface area (Å²) in [5.41, 5.74) is 0. The topological polar surface area (TPSA) is 94.8 Å². The van der Waals surface area contributed by atoms with Crippen LogP contribution in [-0.2, 0) is 9.59 Å². The van der Waals surface area contributed by atoms with Crippen molar-refractivity contribution in [1.82, 2.24) is 0 Å².